The minimum Gasteiger partial charge on any atom is -0.331 e. The molecule has 122 valence electrons. The van der Waals surface area contributed by atoms with Gasteiger partial charge in [0.1, 0.15) is 0 Å². The van der Waals surface area contributed by atoms with E-state index < -0.39 is 17.2 Å². The zero-order valence-electron chi connectivity index (χ0n) is 11.9. The van der Waals surface area contributed by atoms with Crippen molar-refractivity contribution in [3.8, 4) is 0 Å². The van der Waals surface area contributed by atoms with Gasteiger partial charge < -0.3 is 5.32 Å². The minimum absolute atomic E-state index is 0.157. The molecule has 1 aliphatic carbocycles. The molecule has 0 spiro atoms. The van der Waals surface area contributed by atoms with E-state index in [1.165, 1.54) is 5.56 Å². The van der Waals surface area contributed by atoms with Gasteiger partial charge in [-0.15, -0.1) is 10.2 Å². The summed E-state index contributed by atoms with van der Waals surface area (Å²) < 4.78 is 37.4. The second kappa shape index (κ2) is 6.15. The van der Waals surface area contributed by atoms with Crippen molar-refractivity contribution in [1.82, 2.24) is 15.5 Å². The number of urea groups is 1. The molecule has 0 bridgehead atoms. The molecular formula is C14H13F3N4OS. The molecule has 1 aliphatic rings. The maximum atomic E-state index is 12.5. The zero-order chi connectivity index (χ0) is 16.4. The highest BCUT2D eigenvalue weighted by Gasteiger charge is 2.35. The van der Waals surface area contributed by atoms with Gasteiger partial charge in [0.2, 0.25) is 10.1 Å². The number of carbonyl (C=O) groups is 1. The van der Waals surface area contributed by atoms with Crippen LogP contribution in [0.15, 0.2) is 24.3 Å². The van der Waals surface area contributed by atoms with Gasteiger partial charge in [-0.1, -0.05) is 35.6 Å². The highest BCUT2D eigenvalue weighted by molar-refractivity contribution is 7.15. The van der Waals surface area contributed by atoms with Crippen molar-refractivity contribution in [3.05, 3.63) is 40.4 Å². The normalized spacial score (nSPS) is 17.4. The third-order valence-corrected chi connectivity index (χ3v) is 4.45. The van der Waals surface area contributed by atoms with Gasteiger partial charge in [0.25, 0.3) is 0 Å². The Labute approximate surface area is 133 Å². The lowest BCUT2D eigenvalue weighted by Crippen LogP contribution is -2.34. The Kier molecular flexibility index (Phi) is 4.20. The van der Waals surface area contributed by atoms with Gasteiger partial charge in [-0.3, -0.25) is 5.32 Å². The minimum atomic E-state index is -4.56. The molecule has 2 aromatic rings. The predicted octanol–water partition coefficient (Wildman–Crippen LogP) is 3.76. The van der Waals surface area contributed by atoms with Crippen LogP contribution in [0.1, 0.15) is 35.0 Å². The number of aromatic nitrogens is 2. The molecule has 3 rings (SSSR count). The number of rotatable bonds is 2. The van der Waals surface area contributed by atoms with Crippen LogP contribution in [-0.2, 0) is 12.6 Å². The Hall–Kier alpha value is -2.16. The number of aryl methyl sites for hydroxylation is 1. The van der Waals surface area contributed by atoms with E-state index in [9.17, 15) is 18.0 Å². The van der Waals surface area contributed by atoms with E-state index in [4.69, 9.17) is 0 Å². The summed E-state index contributed by atoms with van der Waals surface area (Å²) in [5.74, 6) is 0. The van der Waals surface area contributed by atoms with Gasteiger partial charge in [0.05, 0.1) is 6.04 Å². The molecular weight excluding hydrogens is 329 g/mol. The summed E-state index contributed by atoms with van der Waals surface area (Å²) in [6.07, 6.45) is -1.87. The third kappa shape index (κ3) is 3.61. The van der Waals surface area contributed by atoms with Crippen molar-refractivity contribution in [1.29, 1.82) is 0 Å². The van der Waals surface area contributed by atoms with Crippen LogP contribution in [0.2, 0.25) is 0 Å². The van der Waals surface area contributed by atoms with E-state index >= 15 is 0 Å². The number of nitrogens with one attached hydrogen (secondary N) is 2. The number of halogens is 3. The maximum absolute atomic E-state index is 12.5. The number of alkyl halides is 3. The molecule has 1 atom stereocenters. The van der Waals surface area contributed by atoms with Crippen LogP contribution in [-0.4, -0.2) is 16.2 Å². The Morgan fingerprint density at radius 1 is 1.26 bits per heavy atom. The van der Waals surface area contributed by atoms with Crippen LogP contribution in [0.5, 0.6) is 0 Å². The number of nitrogens with zero attached hydrogens (tertiary/aromatic N) is 2. The first-order valence-electron chi connectivity index (χ1n) is 6.99. The summed E-state index contributed by atoms with van der Waals surface area (Å²) in [4.78, 5) is 12.0. The number of hydrogen-bond acceptors (Lipinski definition) is 4. The first kappa shape index (κ1) is 15.7. The summed E-state index contributed by atoms with van der Waals surface area (Å²) in [7, 11) is 0. The monoisotopic (exact) mass is 342 g/mol. The Balaban J connectivity index is 1.65. The molecule has 1 aromatic carbocycles. The molecule has 0 saturated heterocycles. The molecule has 1 unspecified atom stereocenters. The molecule has 5 nitrogen and oxygen atoms in total. The quantitative estimate of drug-likeness (QED) is 0.873. The molecule has 23 heavy (non-hydrogen) atoms. The first-order chi connectivity index (χ1) is 10.9. The van der Waals surface area contributed by atoms with Crippen LogP contribution < -0.4 is 10.6 Å². The maximum Gasteiger partial charge on any atom is 0.445 e. The molecule has 0 fully saturated rings. The molecule has 2 N–H and O–H groups in total. The number of carbonyl (C=O) groups excluding carboxylic acids is 1. The van der Waals surface area contributed by atoms with Gasteiger partial charge in [-0.25, -0.2) is 4.79 Å². The molecule has 1 aromatic heterocycles. The topological polar surface area (TPSA) is 66.9 Å². The number of anilines is 1. The van der Waals surface area contributed by atoms with E-state index in [2.05, 4.69) is 20.8 Å². The van der Waals surface area contributed by atoms with E-state index in [1.807, 2.05) is 24.3 Å². The molecule has 0 aliphatic heterocycles. The van der Waals surface area contributed by atoms with Crippen LogP contribution in [0.3, 0.4) is 0 Å². The fourth-order valence-electron chi connectivity index (χ4n) is 2.58. The summed E-state index contributed by atoms with van der Waals surface area (Å²) in [6.45, 7) is 0. The van der Waals surface area contributed by atoms with Gasteiger partial charge in [0, 0.05) is 0 Å². The second-order valence-corrected chi connectivity index (χ2v) is 6.13. The standard InChI is InChI=1S/C14H13F3N4OS/c15-14(16,17)11-20-21-13(23-11)19-12(22)18-10-7-3-5-8-4-1-2-6-9(8)10/h1-2,4,6,10H,3,5,7H2,(H2,18,19,21,22). The largest absolute Gasteiger partial charge is 0.445 e. The average Bonchev–Trinajstić information content (AvgIpc) is 2.96. The van der Waals surface area contributed by atoms with Crippen molar-refractivity contribution in [2.75, 3.05) is 5.32 Å². The number of benzene rings is 1. The van der Waals surface area contributed by atoms with Crippen LogP contribution in [0, 0.1) is 0 Å². The summed E-state index contributed by atoms with van der Waals surface area (Å²) >= 11 is 0.297. The third-order valence-electron chi connectivity index (χ3n) is 3.56. The first-order valence-corrected chi connectivity index (χ1v) is 7.81. The van der Waals surface area contributed by atoms with E-state index in [1.54, 1.807) is 0 Å². The van der Waals surface area contributed by atoms with E-state index in [0.29, 0.717) is 11.3 Å². The van der Waals surface area contributed by atoms with Crippen LogP contribution in [0.4, 0.5) is 23.1 Å². The number of amides is 2. The van der Waals surface area contributed by atoms with Gasteiger partial charge in [-0.05, 0) is 30.4 Å². The summed E-state index contributed by atoms with van der Waals surface area (Å²) in [6, 6.07) is 7.07. The summed E-state index contributed by atoms with van der Waals surface area (Å²) in [5.41, 5.74) is 2.22. The lowest BCUT2D eigenvalue weighted by molar-refractivity contribution is -0.138. The molecule has 0 radical (unpaired) electrons. The molecule has 9 heteroatoms. The zero-order valence-corrected chi connectivity index (χ0v) is 12.7. The van der Waals surface area contributed by atoms with Crippen molar-refractivity contribution in [2.45, 2.75) is 31.5 Å². The SMILES string of the molecule is O=C(Nc1nnc(C(F)(F)F)s1)NC1CCCc2ccccc21. The van der Waals surface area contributed by atoms with Crippen LogP contribution in [0.25, 0.3) is 0 Å². The van der Waals surface area contributed by atoms with Crippen molar-refractivity contribution >= 4 is 22.5 Å². The highest BCUT2D eigenvalue weighted by atomic mass is 32.1. The van der Waals surface area contributed by atoms with Gasteiger partial charge >= 0.3 is 12.2 Å². The highest BCUT2D eigenvalue weighted by Crippen LogP contribution is 2.33. The van der Waals surface area contributed by atoms with E-state index in [-0.39, 0.29) is 11.2 Å². The molecule has 1 heterocycles. The lowest BCUT2D eigenvalue weighted by Gasteiger charge is -2.26. The van der Waals surface area contributed by atoms with Gasteiger partial charge in [0.15, 0.2) is 0 Å². The predicted molar refractivity (Wildman–Crippen MR) is 79.2 cm³/mol. The van der Waals surface area contributed by atoms with Gasteiger partial charge in [-0.2, -0.15) is 13.2 Å². The smallest absolute Gasteiger partial charge is 0.331 e. The van der Waals surface area contributed by atoms with E-state index in [0.717, 1.165) is 24.8 Å². The van der Waals surface area contributed by atoms with Crippen molar-refractivity contribution < 1.29 is 18.0 Å². The average molecular weight is 342 g/mol. The van der Waals surface area contributed by atoms with Crippen molar-refractivity contribution in [2.24, 2.45) is 0 Å². The fourth-order valence-corrected chi connectivity index (χ4v) is 3.19. The Bertz CT molecular complexity index is 716. The molecule has 0 saturated carbocycles. The fraction of sp³-hybridized carbons (Fsp3) is 0.357. The number of hydrogen-bond donors (Lipinski definition) is 2. The van der Waals surface area contributed by atoms with Crippen LogP contribution >= 0.6 is 11.3 Å². The second-order valence-electron chi connectivity index (χ2n) is 5.15. The Morgan fingerprint density at radius 2 is 2.04 bits per heavy atom. The number of fused-ring (bicyclic) bond motifs is 1. The van der Waals surface area contributed by atoms with Crippen molar-refractivity contribution in [3.63, 3.8) is 0 Å². The summed E-state index contributed by atoms with van der Waals surface area (Å²) in [5, 5.41) is 10.2. The Morgan fingerprint density at radius 3 is 2.78 bits per heavy atom. The molecule has 2 amide bonds. The lowest BCUT2D eigenvalue weighted by atomic mass is 9.88.